The van der Waals surface area contributed by atoms with E-state index in [1.807, 2.05) is 18.2 Å². The zero-order valence-corrected chi connectivity index (χ0v) is 25.1. The first-order chi connectivity index (χ1) is 22.8. The van der Waals surface area contributed by atoms with Crippen molar-refractivity contribution in [2.24, 2.45) is 0 Å². The summed E-state index contributed by atoms with van der Waals surface area (Å²) in [5.41, 5.74) is 12.7. The summed E-state index contributed by atoms with van der Waals surface area (Å²) in [5.74, 6) is 0.208. The summed E-state index contributed by atoms with van der Waals surface area (Å²) in [4.78, 5) is 2.38. The lowest BCUT2D eigenvalue weighted by Crippen LogP contribution is -2.29. The van der Waals surface area contributed by atoms with Crippen molar-refractivity contribution >= 4 is 38.8 Å². The van der Waals surface area contributed by atoms with Gasteiger partial charge in [-0.25, -0.2) is 0 Å². The Labute approximate surface area is 268 Å². The lowest BCUT2D eigenvalue weighted by molar-refractivity contribution is 0.747. The maximum absolute atomic E-state index is 9.57. The fourth-order valence-corrected chi connectivity index (χ4v) is 7.45. The number of allylic oxidation sites excluding steroid dienone is 2. The van der Waals surface area contributed by atoms with Crippen molar-refractivity contribution in [2.75, 3.05) is 4.90 Å². The van der Waals surface area contributed by atoms with Crippen LogP contribution in [-0.2, 0) is 0 Å². The molecule has 1 aromatic heterocycles. The summed E-state index contributed by atoms with van der Waals surface area (Å²) in [6.07, 6.45) is 7.04. The highest BCUT2D eigenvalue weighted by Gasteiger charge is 2.38. The Morgan fingerprint density at radius 3 is 2.24 bits per heavy atom. The summed E-state index contributed by atoms with van der Waals surface area (Å²) >= 11 is 0. The summed E-state index contributed by atoms with van der Waals surface area (Å²) in [6, 6.07) is 54.1. The van der Waals surface area contributed by atoms with Gasteiger partial charge in [0.2, 0.25) is 0 Å². The van der Waals surface area contributed by atoms with E-state index in [2.05, 4.69) is 161 Å². The van der Waals surface area contributed by atoms with E-state index in [0.29, 0.717) is 5.56 Å². The van der Waals surface area contributed by atoms with Gasteiger partial charge in [-0.3, -0.25) is 0 Å². The second kappa shape index (κ2) is 10.5. The predicted octanol–water partition coefficient (Wildman–Crippen LogP) is 10.6. The molecule has 7 aromatic rings. The van der Waals surface area contributed by atoms with E-state index in [4.69, 9.17) is 0 Å². The van der Waals surface area contributed by atoms with Gasteiger partial charge in [0.25, 0.3) is 0 Å². The molecule has 3 nitrogen and oxygen atoms in total. The number of hydrogen-bond acceptors (Lipinski definition) is 2. The molecule has 6 aromatic carbocycles. The molecule has 0 fully saturated rings. The molecule has 0 saturated heterocycles. The van der Waals surface area contributed by atoms with Gasteiger partial charge in [-0.15, -0.1) is 0 Å². The SMILES string of the molecule is N#Cc1cccc(N2c3ccccc3C3C=C(c4ccc5c(c4)c4ccccc4n5-c4cccc(-c5ccccc5)c4)C=CC32)c1. The fourth-order valence-electron chi connectivity index (χ4n) is 7.45. The van der Waals surface area contributed by atoms with Crippen LogP contribution in [0.1, 0.15) is 22.6 Å². The smallest absolute Gasteiger partial charge is 0.0992 e. The summed E-state index contributed by atoms with van der Waals surface area (Å²) in [7, 11) is 0. The maximum Gasteiger partial charge on any atom is 0.0992 e. The minimum atomic E-state index is 0.151. The molecule has 0 saturated carbocycles. The maximum atomic E-state index is 9.57. The number of anilines is 2. The summed E-state index contributed by atoms with van der Waals surface area (Å²) < 4.78 is 2.39. The number of fused-ring (bicyclic) bond motifs is 6. The number of hydrogen-bond donors (Lipinski definition) is 0. The van der Waals surface area contributed by atoms with Crippen molar-refractivity contribution in [1.82, 2.24) is 4.57 Å². The topological polar surface area (TPSA) is 32.0 Å². The number of aromatic nitrogens is 1. The van der Waals surface area contributed by atoms with Gasteiger partial charge >= 0.3 is 0 Å². The Bertz CT molecular complexity index is 2400. The molecule has 2 unspecified atom stereocenters. The van der Waals surface area contributed by atoms with Crippen LogP contribution in [0.25, 0.3) is 44.2 Å². The van der Waals surface area contributed by atoms with Crippen LogP contribution in [-0.4, -0.2) is 10.6 Å². The van der Waals surface area contributed by atoms with E-state index in [0.717, 1.165) is 11.4 Å². The molecule has 0 amide bonds. The molecule has 2 heterocycles. The van der Waals surface area contributed by atoms with Crippen LogP contribution in [0.4, 0.5) is 11.4 Å². The van der Waals surface area contributed by atoms with Gasteiger partial charge < -0.3 is 9.47 Å². The van der Waals surface area contributed by atoms with Gasteiger partial charge in [-0.2, -0.15) is 5.26 Å². The summed E-state index contributed by atoms with van der Waals surface area (Å²) in [5, 5.41) is 12.1. The molecule has 2 atom stereocenters. The number of para-hydroxylation sites is 2. The fraction of sp³-hybridized carbons (Fsp3) is 0.0465. The van der Waals surface area contributed by atoms with Crippen molar-refractivity contribution in [3.63, 3.8) is 0 Å². The largest absolute Gasteiger partial charge is 0.333 e. The second-order valence-corrected chi connectivity index (χ2v) is 12.1. The van der Waals surface area contributed by atoms with Crippen molar-refractivity contribution in [3.8, 4) is 22.9 Å². The van der Waals surface area contributed by atoms with Gasteiger partial charge in [0, 0.05) is 33.8 Å². The first-order valence-electron chi connectivity index (χ1n) is 15.7. The normalized spacial score (nSPS) is 16.7. The number of nitriles is 1. The Kier molecular flexibility index (Phi) is 6.01. The average molecular weight is 588 g/mol. The van der Waals surface area contributed by atoms with E-state index in [1.165, 1.54) is 55.3 Å². The van der Waals surface area contributed by atoms with Crippen LogP contribution in [0.2, 0.25) is 0 Å². The molecule has 3 heteroatoms. The molecule has 0 N–H and O–H groups in total. The Morgan fingerprint density at radius 2 is 1.33 bits per heavy atom. The zero-order chi connectivity index (χ0) is 30.6. The Hall–Kier alpha value is -6.11. The lowest BCUT2D eigenvalue weighted by Gasteiger charge is -2.30. The van der Waals surface area contributed by atoms with Crippen LogP contribution in [0.5, 0.6) is 0 Å². The quantitative estimate of drug-likeness (QED) is 0.205. The average Bonchev–Trinajstić information content (AvgIpc) is 3.64. The molecular weight excluding hydrogens is 558 g/mol. The first kappa shape index (κ1) is 26.3. The van der Waals surface area contributed by atoms with Gasteiger partial charge in [0.05, 0.1) is 28.7 Å². The van der Waals surface area contributed by atoms with Crippen LogP contribution >= 0.6 is 0 Å². The number of benzene rings is 6. The third-order valence-corrected chi connectivity index (χ3v) is 9.52. The minimum absolute atomic E-state index is 0.151. The monoisotopic (exact) mass is 587 g/mol. The molecule has 216 valence electrons. The molecule has 0 radical (unpaired) electrons. The highest BCUT2D eigenvalue weighted by Crippen LogP contribution is 2.49. The van der Waals surface area contributed by atoms with E-state index >= 15 is 0 Å². The van der Waals surface area contributed by atoms with E-state index < -0.39 is 0 Å². The molecule has 46 heavy (non-hydrogen) atoms. The third kappa shape index (κ3) is 4.12. The van der Waals surface area contributed by atoms with Gasteiger partial charge in [-0.05, 0) is 82.4 Å². The number of nitrogens with zero attached hydrogens (tertiary/aromatic N) is 3. The van der Waals surface area contributed by atoms with Crippen LogP contribution < -0.4 is 4.90 Å². The molecule has 0 bridgehead atoms. The Morgan fingerprint density at radius 1 is 0.565 bits per heavy atom. The van der Waals surface area contributed by atoms with Crippen LogP contribution in [0.15, 0.2) is 164 Å². The molecule has 2 aliphatic rings. The Balaban J connectivity index is 1.15. The van der Waals surface area contributed by atoms with E-state index in [1.54, 1.807) is 0 Å². The first-order valence-corrected chi connectivity index (χ1v) is 15.7. The lowest BCUT2D eigenvalue weighted by atomic mass is 9.86. The van der Waals surface area contributed by atoms with Crippen molar-refractivity contribution in [3.05, 3.63) is 181 Å². The van der Waals surface area contributed by atoms with E-state index in [-0.39, 0.29) is 12.0 Å². The van der Waals surface area contributed by atoms with Crippen LogP contribution in [0.3, 0.4) is 0 Å². The van der Waals surface area contributed by atoms with Crippen molar-refractivity contribution in [2.45, 2.75) is 12.0 Å². The highest BCUT2D eigenvalue weighted by molar-refractivity contribution is 6.10. The van der Waals surface area contributed by atoms with Gasteiger partial charge in [-0.1, -0.05) is 109 Å². The van der Waals surface area contributed by atoms with Gasteiger partial charge in [0.15, 0.2) is 0 Å². The molecule has 1 aliphatic carbocycles. The third-order valence-electron chi connectivity index (χ3n) is 9.52. The zero-order valence-electron chi connectivity index (χ0n) is 25.1. The van der Waals surface area contributed by atoms with Gasteiger partial charge in [0.1, 0.15) is 0 Å². The summed E-state index contributed by atoms with van der Waals surface area (Å²) in [6.45, 7) is 0. The van der Waals surface area contributed by atoms with Crippen molar-refractivity contribution in [1.29, 1.82) is 5.26 Å². The highest BCUT2D eigenvalue weighted by atomic mass is 15.2. The van der Waals surface area contributed by atoms with E-state index in [9.17, 15) is 5.26 Å². The van der Waals surface area contributed by atoms with Crippen molar-refractivity contribution < 1.29 is 0 Å². The van der Waals surface area contributed by atoms with Crippen LogP contribution in [0, 0.1) is 11.3 Å². The molecule has 9 rings (SSSR count). The second-order valence-electron chi connectivity index (χ2n) is 12.1. The number of rotatable bonds is 4. The molecule has 0 spiro atoms. The minimum Gasteiger partial charge on any atom is -0.333 e. The predicted molar refractivity (Wildman–Crippen MR) is 190 cm³/mol. The molecule has 1 aliphatic heterocycles. The molecular formula is C43H29N3. The standard InChI is InChI=1S/C43H29N3/c44-28-29-10-8-14-34(24-29)45-40-18-6-4-16-36(40)38-26-32(20-22-42(38)45)33-21-23-43-39(27-33)37-17-5-7-19-41(37)46(43)35-15-9-13-31(25-35)30-11-2-1-3-12-30/h1-27,38,42H.